The van der Waals surface area contributed by atoms with Crippen LogP contribution in [0.25, 0.3) is 11.3 Å². The summed E-state index contributed by atoms with van der Waals surface area (Å²) in [6, 6.07) is 8.33. The van der Waals surface area contributed by atoms with Crippen LogP contribution in [0.15, 0.2) is 24.3 Å². The minimum atomic E-state index is 0.855. The van der Waals surface area contributed by atoms with Crippen LogP contribution in [0.2, 0.25) is 0 Å². The Balaban J connectivity index is 2.30. The highest BCUT2D eigenvalue weighted by atomic mass is 32.1. The molecule has 1 N–H and O–H groups in total. The second kappa shape index (κ2) is 5.14. The summed E-state index contributed by atoms with van der Waals surface area (Å²) in [5.41, 5.74) is 3.21. The summed E-state index contributed by atoms with van der Waals surface area (Å²) in [4.78, 5) is 2.08. The Hall–Kier alpha value is -1.62. The predicted octanol–water partition coefficient (Wildman–Crippen LogP) is 2.70. The van der Waals surface area contributed by atoms with Gasteiger partial charge in [0.2, 0.25) is 0 Å². The lowest BCUT2D eigenvalue weighted by atomic mass is 10.1. The first-order valence-electron chi connectivity index (χ1n) is 5.56. The maximum Gasteiger partial charge on any atom is 0.168 e. The molecule has 2 aromatic rings. The Morgan fingerprint density at radius 3 is 2.47 bits per heavy atom. The zero-order valence-corrected chi connectivity index (χ0v) is 11.1. The smallest absolute Gasteiger partial charge is 0.168 e. The molecule has 4 nitrogen and oxygen atoms in total. The second-order valence-corrected chi connectivity index (χ2v) is 4.46. The van der Waals surface area contributed by atoms with Crippen molar-refractivity contribution in [2.45, 2.75) is 6.92 Å². The molecule has 0 aliphatic rings. The first-order valence-corrected chi connectivity index (χ1v) is 6.29. The number of nitrogens with zero attached hydrogens (tertiary/aromatic N) is 3. The number of hydrogen-bond donors (Lipinski definition) is 1. The van der Waals surface area contributed by atoms with E-state index in [1.54, 1.807) is 0 Å². The number of hydrogen-bond acceptors (Lipinski definition) is 5. The minimum absolute atomic E-state index is 0.855. The van der Waals surface area contributed by atoms with Gasteiger partial charge in [0.25, 0.3) is 0 Å². The first kappa shape index (κ1) is 11.9. The van der Waals surface area contributed by atoms with Gasteiger partial charge in [-0.2, -0.15) is 8.75 Å². The summed E-state index contributed by atoms with van der Waals surface area (Å²) < 4.78 is 8.58. The average molecular weight is 248 g/mol. The summed E-state index contributed by atoms with van der Waals surface area (Å²) in [5.74, 6) is 0.870. The number of rotatable bonds is 4. The van der Waals surface area contributed by atoms with Gasteiger partial charge in [-0.15, -0.1) is 0 Å². The third kappa shape index (κ3) is 2.55. The van der Waals surface area contributed by atoms with Crippen LogP contribution in [0.3, 0.4) is 0 Å². The predicted molar refractivity (Wildman–Crippen MR) is 73.8 cm³/mol. The lowest BCUT2D eigenvalue weighted by molar-refractivity contribution is 1.13. The maximum atomic E-state index is 4.33. The molecular weight excluding hydrogens is 232 g/mol. The molecule has 0 bridgehead atoms. The Bertz CT molecular complexity index is 476. The first-order chi connectivity index (χ1) is 8.22. The van der Waals surface area contributed by atoms with Gasteiger partial charge in [0.15, 0.2) is 5.82 Å². The van der Waals surface area contributed by atoms with Crippen LogP contribution in [0.5, 0.6) is 0 Å². The lowest BCUT2D eigenvalue weighted by Gasteiger charge is -2.12. The van der Waals surface area contributed by atoms with Crippen LogP contribution in [-0.2, 0) is 0 Å². The number of nitrogens with one attached hydrogen (secondary N) is 1. The van der Waals surface area contributed by atoms with Crippen LogP contribution < -0.4 is 10.2 Å². The Morgan fingerprint density at radius 2 is 1.88 bits per heavy atom. The minimum Gasteiger partial charge on any atom is -0.378 e. The van der Waals surface area contributed by atoms with Gasteiger partial charge in [0.05, 0.1) is 11.7 Å². The molecule has 0 amide bonds. The van der Waals surface area contributed by atoms with Crippen molar-refractivity contribution in [3.63, 3.8) is 0 Å². The van der Waals surface area contributed by atoms with E-state index in [-0.39, 0.29) is 0 Å². The standard InChI is InChI=1S/C12H16N4S/c1-4-13-12-11(14-17-15-12)9-5-7-10(8-6-9)16(2)3/h5-8H,4H2,1-3H3,(H,13,15). The van der Waals surface area contributed by atoms with E-state index in [4.69, 9.17) is 0 Å². The fourth-order valence-electron chi connectivity index (χ4n) is 1.58. The molecule has 0 unspecified atom stereocenters. The van der Waals surface area contributed by atoms with Gasteiger partial charge in [-0.05, 0) is 19.1 Å². The average Bonchev–Trinajstić information content (AvgIpc) is 2.78. The fraction of sp³-hybridized carbons (Fsp3) is 0.333. The van der Waals surface area contributed by atoms with Gasteiger partial charge in [0.1, 0.15) is 5.69 Å². The van der Waals surface area contributed by atoms with Crippen molar-refractivity contribution in [2.75, 3.05) is 30.9 Å². The maximum absolute atomic E-state index is 4.33. The van der Waals surface area contributed by atoms with Crippen molar-refractivity contribution in [3.05, 3.63) is 24.3 Å². The molecule has 90 valence electrons. The number of anilines is 2. The van der Waals surface area contributed by atoms with Crippen molar-refractivity contribution < 1.29 is 0 Å². The van der Waals surface area contributed by atoms with Gasteiger partial charge in [0, 0.05) is 31.9 Å². The molecule has 1 aromatic heterocycles. The Morgan fingerprint density at radius 1 is 1.18 bits per heavy atom. The van der Waals surface area contributed by atoms with Gasteiger partial charge in [-0.3, -0.25) is 0 Å². The molecule has 0 atom stereocenters. The number of aromatic nitrogens is 2. The molecule has 2 rings (SSSR count). The molecule has 17 heavy (non-hydrogen) atoms. The molecule has 0 saturated heterocycles. The SMILES string of the molecule is CCNc1nsnc1-c1ccc(N(C)C)cc1. The third-order valence-corrected chi connectivity index (χ3v) is 3.02. The number of benzene rings is 1. The van der Waals surface area contributed by atoms with E-state index < -0.39 is 0 Å². The fourth-order valence-corrected chi connectivity index (χ4v) is 2.13. The second-order valence-electron chi connectivity index (χ2n) is 3.93. The van der Waals surface area contributed by atoms with Crippen LogP contribution in [0, 0.1) is 0 Å². The summed E-state index contributed by atoms with van der Waals surface area (Å²) in [6.45, 7) is 2.91. The Labute approximate surface area is 106 Å². The topological polar surface area (TPSA) is 41.1 Å². The lowest BCUT2D eigenvalue weighted by Crippen LogP contribution is -2.08. The summed E-state index contributed by atoms with van der Waals surface area (Å²) >= 11 is 1.24. The quantitative estimate of drug-likeness (QED) is 0.903. The molecule has 0 saturated carbocycles. The molecule has 0 radical (unpaired) electrons. The van der Waals surface area contributed by atoms with Crippen LogP contribution in [-0.4, -0.2) is 29.4 Å². The molecule has 0 aliphatic heterocycles. The molecular formula is C12H16N4S. The van der Waals surface area contributed by atoms with Crippen LogP contribution in [0.4, 0.5) is 11.5 Å². The van der Waals surface area contributed by atoms with E-state index in [1.165, 1.54) is 17.4 Å². The van der Waals surface area contributed by atoms with Gasteiger partial charge >= 0.3 is 0 Å². The molecule has 0 fully saturated rings. The van der Waals surface area contributed by atoms with E-state index in [0.29, 0.717) is 0 Å². The van der Waals surface area contributed by atoms with Gasteiger partial charge in [-0.1, -0.05) is 12.1 Å². The highest BCUT2D eigenvalue weighted by Crippen LogP contribution is 2.27. The molecule has 5 heteroatoms. The summed E-state index contributed by atoms with van der Waals surface area (Å²) in [5, 5.41) is 3.22. The van der Waals surface area contributed by atoms with E-state index in [2.05, 4.69) is 50.2 Å². The van der Waals surface area contributed by atoms with Crippen molar-refractivity contribution in [1.82, 2.24) is 8.75 Å². The molecule has 0 spiro atoms. The summed E-state index contributed by atoms with van der Waals surface area (Å²) in [7, 11) is 4.06. The summed E-state index contributed by atoms with van der Waals surface area (Å²) in [6.07, 6.45) is 0. The van der Waals surface area contributed by atoms with E-state index in [9.17, 15) is 0 Å². The Kier molecular flexibility index (Phi) is 3.58. The van der Waals surface area contributed by atoms with Gasteiger partial charge < -0.3 is 10.2 Å². The van der Waals surface area contributed by atoms with Crippen molar-refractivity contribution in [3.8, 4) is 11.3 Å². The van der Waals surface area contributed by atoms with Crippen molar-refractivity contribution >= 4 is 23.2 Å². The highest BCUT2D eigenvalue weighted by Gasteiger charge is 2.09. The molecule has 1 heterocycles. The van der Waals surface area contributed by atoms with E-state index in [0.717, 1.165) is 23.6 Å². The van der Waals surface area contributed by atoms with E-state index >= 15 is 0 Å². The highest BCUT2D eigenvalue weighted by molar-refractivity contribution is 6.99. The zero-order chi connectivity index (χ0) is 12.3. The molecule has 0 aliphatic carbocycles. The monoisotopic (exact) mass is 248 g/mol. The van der Waals surface area contributed by atoms with Crippen molar-refractivity contribution in [2.24, 2.45) is 0 Å². The third-order valence-electron chi connectivity index (χ3n) is 2.49. The van der Waals surface area contributed by atoms with Crippen molar-refractivity contribution in [1.29, 1.82) is 0 Å². The molecule has 1 aromatic carbocycles. The normalized spacial score (nSPS) is 10.3. The van der Waals surface area contributed by atoms with E-state index in [1.807, 2.05) is 14.1 Å². The van der Waals surface area contributed by atoms with Gasteiger partial charge in [-0.25, -0.2) is 0 Å². The largest absolute Gasteiger partial charge is 0.378 e. The van der Waals surface area contributed by atoms with Crippen LogP contribution >= 0.6 is 11.7 Å². The zero-order valence-electron chi connectivity index (χ0n) is 10.3. The van der Waals surface area contributed by atoms with Crippen LogP contribution in [0.1, 0.15) is 6.92 Å².